The van der Waals surface area contributed by atoms with Gasteiger partial charge in [0.25, 0.3) is 0 Å². The molecule has 3 heteroatoms. The SMILES string of the molecule is O=CN(c1ccccc1)C(O)c1ccccc1. The van der Waals surface area contributed by atoms with Crippen molar-refractivity contribution in [2.75, 3.05) is 4.90 Å². The number of carbonyl (C=O) groups excluding carboxylic acids is 1. The fourth-order valence-corrected chi connectivity index (χ4v) is 1.65. The first-order valence-corrected chi connectivity index (χ1v) is 5.34. The molecule has 0 saturated heterocycles. The maximum absolute atomic E-state index is 11.1. The number of amides is 1. The summed E-state index contributed by atoms with van der Waals surface area (Å²) in [5.74, 6) is 0. The van der Waals surface area contributed by atoms with Crippen molar-refractivity contribution in [3.8, 4) is 0 Å². The number of carbonyl (C=O) groups is 1. The van der Waals surface area contributed by atoms with Gasteiger partial charge >= 0.3 is 0 Å². The highest BCUT2D eigenvalue weighted by Gasteiger charge is 2.16. The minimum Gasteiger partial charge on any atom is -0.369 e. The van der Waals surface area contributed by atoms with Crippen LogP contribution in [-0.4, -0.2) is 11.5 Å². The fourth-order valence-electron chi connectivity index (χ4n) is 1.65. The van der Waals surface area contributed by atoms with Crippen LogP contribution in [0.15, 0.2) is 60.7 Å². The van der Waals surface area contributed by atoms with E-state index >= 15 is 0 Å². The Morgan fingerprint density at radius 3 is 2.00 bits per heavy atom. The van der Waals surface area contributed by atoms with Crippen molar-refractivity contribution in [3.63, 3.8) is 0 Å². The third-order valence-corrected chi connectivity index (χ3v) is 2.53. The molecular formula is C14H13NO2. The largest absolute Gasteiger partial charge is 0.369 e. The number of benzene rings is 2. The van der Waals surface area contributed by atoms with Crippen molar-refractivity contribution in [1.29, 1.82) is 0 Å². The van der Waals surface area contributed by atoms with Crippen molar-refractivity contribution in [2.45, 2.75) is 6.23 Å². The van der Waals surface area contributed by atoms with E-state index in [9.17, 15) is 9.90 Å². The van der Waals surface area contributed by atoms with Gasteiger partial charge < -0.3 is 5.11 Å². The first-order chi connectivity index (χ1) is 8.33. The highest BCUT2D eigenvalue weighted by atomic mass is 16.3. The summed E-state index contributed by atoms with van der Waals surface area (Å²) >= 11 is 0. The Hall–Kier alpha value is -2.13. The van der Waals surface area contributed by atoms with Crippen LogP contribution in [0, 0.1) is 0 Å². The predicted molar refractivity (Wildman–Crippen MR) is 66.4 cm³/mol. The summed E-state index contributed by atoms with van der Waals surface area (Å²) in [5, 5.41) is 10.1. The number of rotatable bonds is 4. The van der Waals surface area contributed by atoms with Gasteiger partial charge in [-0.3, -0.25) is 9.69 Å². The Balaban J connectivity index is 2.28. The van der Waals surface area contributed by atoms with Crippen LogP contribution >= 0.6 is 0 Å². The Morgan fingerprint density at radius 2 is 1.47 bits per heavy atom. The zero-order valence-electron chi connectivity index (χ0n) is 9.23. The van der Waals surface area contributed by atoms with Crippen molar-refractivity contribution in [1.82, 2.24) is 0 Å². The lowest BCUT2D eigenvalue weighted by molar-refractivity contribution is -0.109. The molecule has 1 unspecified atom stereocenters. The molecule has 0 spiro atoms. The van der Waals surface area contributed by atoms with Crippen LogP contribution in [0.2, 0.25) is 0 Å². The predicted octanol–water partition coefficient (Wildman–Crippen LogP) is 2.34. The van der Waals surface area contributed by atoms with E-state index in [2.05, 4.69) is 0 Å². The molecule has 0 aromatic heterocycles. The summed E-state index contributed by atoms with van der Waals surface area (Å²) in [6.07, 6.45) is -0.330. The van der Waals surface area contributed by atoms with Gasteiger partial charge in [-0.1, -0.05) is 48.5 Å². The van der Waals surface area contributed by atoms with E-state index in [0.717, 1.165) is 0 Å². The van der Waals surface area contributed by atoms with Gasteiger partial charge in [-0.15, -0.1) is 0 Å². The molecular weight excluding hydrogens is 214 g/mol. The molecule has 3 nitrogen and oxygen atoms in total. The van der Waals surface area contributed by atoms with Crippen LogP contribution in [0.25, 0.3) is 0 Å². The summed E-state index contributed by atoms with van der Waals surface area (Å²) in [6.45, 7) is 0. The Morgan fingerprint density at radius 1 is 0.941 bits per heavy atom. The molecule has 2 aromatic rings. The molecule has 1 amide bonds. The maximum atomic E-state index is 11.1. The first kappa shape index (κ1) is 11.4. The van der Waals surface area contributed by atoms with E-state index in [0.29, 0.717) is 17.7 Å². The van der Waals surface area contributed by atoms with Crippen LogP contribution in [0.3, 0.4) is 0 Å². The lowest BCUT2D eigenvalue weighted by Gasteiger charge is -2.24. The zero-order valence-corrected chi connectivity index (χ0v) is 9.23. The molecule has 0 bridgehead atoms. The lowest BCUT2D eigenvalue weighted by atomic mass is 10.1. The molecule has 1 N–H and O–H groups in total. The van der Waals surface area contributed by atoms with Gasteiger partial charge in [0, 0.05) is 11.3 Å². The molecule has 0 aliphatic carbocycles. The van der Waals surface area contributed by atoms with E-state index in [1.54, 1.807) is 24.3 Å². The van der Waals surface area contributed by atoms with Gasteiger partial charge in [-0.25, -0.2) is 0 Å². The average molecular weight is 227 g/mol. The van der Waals surface area contributed by atoms with E-state index in [4.69, 9.17) is 0 Å². The molecule has 0 radical (unpaired) electrons. The number of aliphatic hydroxyl groups excluding tert-OH is 1. The van der Waals surface area contributed by atoms with Gasteiger partial charge in [0.15, 0.2) is 6.23 Å². The molecule has 0 aliphatic rings. The van der Waals surface area contributed by atoms with E-state index in [-0.39, 0.29) is 0 Å². The summed E-state index contributed by atoms with van der Waals surface area (Å²) in [6, 6.07) is 18.1. The number of hydrogen-bond acceptors (Lipinski definition) is 2. The van der Waals surface area contributed by atoms with Gasteiger partial charge in [0.05, 0.1) is 0 Å². The van der Waals surface area contributed by atoms with E-state index in [1.807, 2.05) is 36.4 Å². The van der Waals surface area contributed by atoms with Crippen molar-refractivity contribution >= 4 is 12.1 Å². The lowest BCUT2D eigenvalue weighted by Crippen LogP contribution is -2.26. The van der Waals surface area contributed by atoms with Crippen molar-refractivity contribution < 1.29 is 9.90 Å². The standard InChI is InChI=1S/C14H13NO2/c16-11-15(13-9-5-2-6-10-13)14(17)12-7-3-1-4-8-12/h1-11,14,17H. The molecule has 0 aliphatic heterocycles. The molecule has 0 fully saturated rings. The zero-order chi connectivity index (χ0) is 12.1. The summed E-state index contributed by atoms with van der Waals surface area (Å²) in [4.78, 5) is 12.4. The third kappa shape index (κ3) is 2.52. The molecule has 1 atom stereocenters. The summed E-state index contributed by atoms with van der Waals surface area (Å²) < 4.78 is 0. The molecule has 2 aromatic carbocycles. The van der Waals surface area contributed by atoms with E-state index in [1.165, 1.54) is 4.90 Å². The molecule has 86 valence electrons. The van der Waals surface area contributed by atoms with Gasteiger partial charge in [0.1, 0.15) is 0 Å². The van der Waals surface area contributed by atoms with Crippen LogP contribution in [0.5, 0.6) is 0 Å². The van der Waals surface area contributed by atoms with Crippen molar-refractivity contribution in [2.24, 2.45) is 0 Å². The minimum atomic E-state index is -0.962. The number of aliphatic hydroxyl groups is 1. The Kier molecular flexibility index (Phi) is 3.52. The quantitative estimate of drug-likeness (QED) is 0.643. The second-order valence-corrected chi connectivity index (χ2v) is 3.63. The molecule has 17 heavy (non-hydrogen) atoms. The van der Waals surface area contributed by atoms with Crippen LogP contribution in [0.4, 0.5) is 5.69 Å². The van der Waals surface area contributed by atoms with Gasteiger partial charge in [-0.2, -0.15) is 0 Å². The number of para-hydroxylation sites is 1. The molecule has 0 saturated carbocycles. The van der Waals surface area contributed by atoms with Gasteiger partial charge in [-0.05, 0) is 12.1 Å². The van der Waals surface area contributed by atoms with E-state index < -0.39 is 6.23 Å². The highest BCUT2D eigenvalue weighted by Crippen LogP contribution is 2.22. The van der Waals surface area contributed by atoms with Crippen molar-refractivity contribution in [3.05, 3.63) is 66.2 Å². The topological polar surface area (TPSA) is 40.5 Å². The van der Waals surface area contributed by atoms with Gasteiger partial charge in [0.2, 0.25) is 6.41 Å². The summed E-state index contributed by atoms with van der Waals surface area (Å²) in [5.41, 5.74) is 1.35. The number of nitrogens with zero attached hydrogens (tertiary/aromatic N) is 1. The Bertz CT molecular complexity index is 470. The number of anilines is 1. The average Bonchev–Trinajstić information content (AvgIpc) is 2.42. The second-order valence-electron chi connectivity index (χ2n) is 3.63. The highest BCUT2D eigenvalue weighted by molar-refractivity contribution is 5.75. The van der Waals surface area contributed by atoms with Crippen LogP contribution in [-0.2, 0) is 4.79 Å². The van der Waals surface area contributed by atoms with Crippen LogP contribution in [0.1, 0.15) is 11.8 Å². The maximum Gasteiger partial charge on any atom is 0.216 e. The van der Waals surface area contributed by atoms with Crippen LogP contribution < -0.4 is 4.90 Å². The normalized spacial score (nSPS) is 11.8. The monoisotopic (exact) mass is 227 g/mol. The number of hydrogen-bond donors (Lipinski definition) is 1. The molecule has 2 rings (SSSR count). The minimum absolute atomic E-state index is 0.632. The Labute approximate surface area is 99.9 Å². The third-order valence-electron chi connectivity index (χ3n) is 2.53. The molecule has 0 heterocycles. The first-order valence-electron chi connectivity index (χ1n) is 5.34. The summed E-state index contributed by atoms with van der Waals surface area (Å²) in [7, 11) is 0. The second kappa shape index (κ2) is 5.27. The smallest absolute Gasteiger partial charge is 0.216 e. The fraction of sp³-hybridized carbons (Fsp3) is 0.0714.